The van der Waals surface area contributed by atoms with E-state index in [2.05, 4.69) is 15.4 Å². The molecule has 2 aromatic rings. The van der Waals surface area contributed by atoms with Crippen LogP contribution < -0.4 is 5.32 Å². The smallest absolute Gasteiger partial charge is 0.244 e. The number of fused-ring (bicyclic) bond motifs is 1. The molecule has 0 aromatic carbocycles. The van der Waals surface area contributed by atoms with Gasteiger partial charge in [0.1, 0.15) is 11.6 Å². The van der Waals surface area contributed by atoms with E-state index in [9.17, 15) is 4.79 Å². The van der Waals surface area contributed by atoms with Crippen molar-refractivity contribution in [3.05, 3.63) is 24.7 Å². The molecule has 0 spiro atoms. The molecule has 1 amide bonds. The fraction of sp³-hybridized carbons (Fsp3) is 0.500. The zero-order valence-corrected chi connectivity index (χ0v) is 11.6. The first-order valence-corrected chi connectivity index (χ1v) is 7.09. The predicted octanol–water partition coefficient (Wildman–Crippen LogP) is 1.54. The second kappa shape index (κ2) is 5.48. The number of amides is 1. The van der Waals surface area contributed by atoms with Crippen LogP contribution in [0.3, 0.4) is 0 Å². The Morgan fingerprint density at radius 3 is 2.90 bits per heavy atom. The van der Waals surface area contributed by atoms with Gasteiger partial charge in [0.2, 0.25) is 5.91 Å². The highest BCUT2D eigenvalue weighted by atomic mass is 16.2. The van der Waals surface area contributed by atoms with Crippen LogP contribution >= 0.6 is 0 Å². The average molecular weight is 273 g/mol. The highest BCUT2D eigenvalue weighted by Gasteiger charge is 2.22. The third kappa shape index (κ3) is 2.45. The standard InChI is InChI=1S/C14H19N5O/c1-11(14(20)18-8-3-2-4-9-18)17-13-12-5-6-16-19(12)10-7-15-13/h5-7,10-11H,2-4,8-9H2,1H3,(H,15,17). The fourth-order valence-electron chi connectivity index (χ4n) is 2.62. The van der Waals surface area contributed by atoms with Gasteiger partial charge in [0.25, 0.3) is 0 Å². The van der Waals surface area contributed by atoms with E-state index < -0.39 is 0 Å². The monoisotopic (exact) mass is 273 g/mol. The summed E-state index contributed by atoms with van der Waals surface area (Å²) in [5, 5.41) is 7.37. The molecule has 0 radical (unpaired) electrons. The summed E-state index contributed by atoms with van der Waals surface area (Å²) in [6, 6.07) is 1.61. The van der Waals surface area contributed by atoms with E-state index in [0.29, 0.717) is 5.82 Å². The molecular weight excluding hydrogens is 254 g/mol. The van der Waals surface area contributed by atoms with E-state index in [1.165, 1.54) is 6.42 Å². The molecular formula is C14H19N5O. The Balaban J connectivity index is 1.73. The molecule has 0 bridgehead atoms. The zero-order chi connectivity index (χ0) is 13.9. The molecule has 1 N–H and O–H groups in total. The number of rotatable bonds is 3. The molecule has 2 aromatic heterocycles. The van der Waals surface area contributed by atoms with Gasteiger partial charge in [-0.15, -0.1) is 0 Å². The number of nitrogens with zero attached hydrogens (tertiary/aromatic N) is 4. The lowest BCUT2D eigenvalue weighted by atomic mass is 10.1. The summed E-state index contributed by atoms with van der Waals surface area (Å²) in [4.78, 5) is 18.6. The zero-order valence-electron chi connectivity index (χ0n) is 11.6. The minimum atomic E-state index is -0.276. The number of anilines is 1. The van der Waals surface area contributed by atoms with E-state index in [4.69, 9.17) is 0 Å². The lowest BCUT2D eigenvalue weighted by Crippen LogP contribution is -2.44. The van der Waals surface area contributed by atoms with Crippen molar-refractivity contribution < 1.29 is 4.79 Å². The predicted molar refractivity (Wildman–Crippen MR) is 76.5 cm³/mol. The Morgan fingerprint density at radius 1 is 1.30 bits per heavy atom. The van der Waals surface area contributed by atoms with Crippen molar-refractivity contribution in [3.63, 3.8) is 0 Å². The number of nitrogens with one attached hydrogen (secondary N) is 1. The van der Waals surface area contributed by atoms with Gasteiger partial charge in [-0.2, -0.15) is 5.10 Å². The Hall–Kier alpha value is -2.11. The maximum atomic E-state index is 12.4. The molecule has 0 saturated carbocycles. The Bertz CT molecular complexity index is 602. The first kappa shape index (κ1) is 12.9. The maximum Gasteiger partial charge on any atom is 0.244 e. The van der Waals surface area contributed by atoms with Crippen molar-refractivity contribution in [3.8, 4) is 0 Å². The third-order valence-electron chi connectivity index (χ3n) is 3.72. The van der Waals surface area contributed by atoms with Gasteiger partial charge in [-0.05, 0) is 32.3 Å². The summed E-state index contributed by atoms with van der Waals surface area (Å²) in [7, 11) is 0. The molecule has 20 heavy (non-hydrogen) atoms. The number of hydrogen-bond donors (Lipinski definition) is 1. The van der Waals surface area contributed by atoms with Gasteiger partial charge >= 0.3 is 0 Å². The minimum absolute atomic E-state index is 0.146. The van der Waals surface area contributed by atoms with Gasteiger partial charge < -0.3 is 10.2 Å². The summed E-state index contributed by atoms with van der Waals surface area (Å²) in [6.45, 7) is 3.63. The van der Waals surface area contributed by atoms with E-state index in [0.717, 1.165) is 31.4 Å². The summed E-state index contributed by atoms with van der Waals surface area (Å²) in [5.74, 6) is 0.843. The summed E-state index contributed by atoms with van der Waals surface area (Å²) < 4.78 is 1.74. The molecule has 1 unspecified atom stereocenters. The lowest BCUT2D eigenvalue weighted by Gasteiger charge is -2.29. The van der Waals surface area contributed by atoms with Gasteiger partial charge in [-0.25, -0.2) is 9.50 Å². The summed E-state index contributed by atoms with van der Waals surface area (Å²) >= 11 is 0. The quantitative estimate of drug-likeness (QED) is 0.921. The van der Waals surface area contributed by atoms with Crippen molar-refractivity contribution >= 4 is 17.2 Å². The van der Waals surface area contributed by atoms with Gasteiger partial charge in [0, 0.05) is 25.5 Å². The van der Waals surface area contributed by atoms with Crippen LogP contribution in [0.2, 0.25) is 0 Å². The number of carbonyl (C=O) groups is 1. The first-order chi connectivity index (χ1) is 9.75. The molecule has 6 heteroatoms. The molecule has 3 heterocycles. The van der Waals surface area contributed by atoms with Crippen LogP contribution in [0.15, 0.2) is 24.7 Å². The molecule has 3 rings (SSSR count). The second-order valence-electron chi connectivity index (χ2n) is 5.19. The van der Waals surface area contributed by atoms with Gasteiger partial charge in [0.15, 0.2) is 5.82 Å². The number of hydrogen-bond acceptors (Lipinski definition) is 4. The first-order valence-electron chi connectivity index (χ1n) is 7.09. The highest BCUT2D eigenvalue weighted by Crippen LogP contribution is 2.15. The van der Waals surface area contributed by atoms with Crippen LogP contribution in [0.25, 0.3) is 5.52 Å². The lowest BCUT2D eigenvalue weighted by molar-refractivity contribution is -0.132. The normalized spacial score (nSPS) is 17.1. The Morgan fingerprint density at radius 2 is 2.10 bits per heavy atom. The Labute approximate surface area is 117 Å². The van der Waals surface area contributed by atoms with Crippen LogP contribution in [0.5, 0.6) is 0 Å². The van der Waals surface area contributed by atoms with Crippen molar-refractivity contribution in [2.75, 3.05) is 18.4 Å². The van der Waals surface area contributed by atoms with Gasteiger partial charge in [-0.1, -0.05) is 0 Å². The molecule has 6 nitrogen and oxygen atoms in total. The molecule has 1 atom stereocenters. The van der Waals surface area contributed by atoms with Gasteiger partial charge in [0.05, 0.1) is 6.20 Å². The molecule has 1 aliphatic rings. The average Bonchev–Trinajstić information content (AvgIpc) is 2.97. The van der Waals surface area contributed by atoms with Crippen LogP contribution in [0.1, 0.15) is 26.2 Å². The molecule has 1 aliphatic heterocycles. The Kier molecular flexibility index (Phi) is 3.54. The number of likely N-dealkylation sites (tertiary alicyclic amines) is 1. The van der Waals surface area contributed by atoms with Crippen molar-refractivity contribution in [2.24, 2.45) is 0 Å². The second-order valence-corrected chi connectivity index (χ2v) is 5.19. The van der Waals surface area contributed by atoms with Gasteiger partial charge in [-0.3, -0.25) is 4.79 Å². The van der Waals surface area contributed by atoms with E-state index in [-0.39, 0.29) is 11.9 Å². The largest absolute Gasteiger partial charge is 0.357 e. The van der Waals surface area contributed by atoms with Crippen LogP contribution in [0, 0.1) is 0 Å². The molecule has 1 saturated heterocycles. The summed E-state index contributed by atoms with van der Waals surface area (Å²) in [6.07, 6.45) is 8.63. The van der Waals surface area contributed by atoms with E-state index in [1.807, 2.05) is 17.9 Å². The van der Waals surface area contributed by atoms with Crippen LogP contribution in [0.4, 0.5) is 5.82 Å². The maximum absolute atomic E-state index is 12.4. The molecule has 106 valence electrons. The molecule has 1 fully saturated rings. The van der Waals surface area contributed by atoms with E-state index in [1.54, 1.807) is 23.1 Å². The van der Waals surface area contributed by atoms with E-state index >= 15 is 0 Å². The SMILES string of the molecule is CC(Nc1nccn2nccc12)C(=O)N1CCCCC1. The minimum Gasteiger partial charge on any atom is -0.357 e. The number of piperidine rings is 1. The van der Waals surface area contributed by atoms with Crippen molar-refractivity contribution in [1.29, 1.82) is 0 Å². The topological polar surface area (TPSA) is 62.5 Å². The fourth-order valence-corrected chi connectivity index (χ4v) is 2.62. The van der Waals surface area contributed by atoms with Crippen molar-refractivity contribution in [2.45, 2.75) is 32.2 Å². The number of carbonyl (C=O) groups excluding carboxylic acids is 1. The highest BCUT2D eigenvalue weighted by molar-refractivity contribution is 5.85. The van der Waals surface area contributed by atoms with Crippen LogP contribution in [-0.4, -0.2) is 44.5 Å². The third-order valence-corrected chi connectivity index (χ3v) is 3.72. The molecule has 0 aliphatic carbocycles. The van der Waals surface area contributed by atoms with Crippen LogP contribution in [-0.2, 0) is 4.79 Å². The van der Waals surface area contributed by atoms with Crippen molar-refractivity contribution in [1.82, 2.24) is 19.5 Å². The number of aromatic nitrogens is 3. The summed E-state index contributed by atoms with van der Waals surface area (Å²) in [5.41, 5.74) is 0.880.